The summed E-state index contributed by atoms with van der Waals surface area (Å²) in [6.45, 7) is 0.246. The number of hydrogen-bond acceptors (Lipinski definition) is 4. The topological polar surface area (TPSA) is 71.1 Å². The zero-order valence-corrected chi connectivity index (χ0v) is 17.1. The van der Waals surface area contributed by atoms with E-state index in [1.54, 1.807) is 42.6 Å². The molecule has 3 rings (SSSR count). The summed E-state index contributed by atoms with van der Waals surface area (Å²) in [6.07, 6.45) is 2.45. The molecule has 0 atom stereocenters. The molecule has 2 N–H and O–H groups in total. The minimum atomic E-state index is -0.213. The van der Waals surface area contributed by atoms with Crippen molar-refractivity contribution in [3.8, 4) is 0 Å². The molecule has 0 unspecified atom stereocenters. The normalized spacial score (nSPS) is 10.5. The van der Waals surface area contributed by atoms with E-state index in [1.807, 2.05) is 12.1 Å². The van der Waals surface area contributed by atoms with Crippen molar-refractivity contribution in [1.82, 2.24) is 10.3 Å². The van der Waals surface area contributed by atoms with E-state index in [0.717, 1.165) is 10.4 Å². The van der Waals surface area contributed by atoms with Gasteiger partial charge in [-0.05, 0) is 35.9 Å². The van der Waals surface area contributed by atoms with Gasteiger partial charge in [-0.2, -0.15) is 0 Å². The van der Waals surface area contributed by atoms with E-state index >= 15 is 0 Å². The number of aromatic nitrogens is 1. The number of carbonyl (C=O) groups is 2. The Labute approximate surface area is 176 Å². The average molecular weight is 434 g/mol. The molecule has 144 valence electrons. The maximum atomic E-state index is 12.1. The van der Waals surface area contributed by atoms with E-state index in [1.165, 1.54) is 11.3 Å². The van der Waals surface area contributed by atoms with Gasteiger partial charge in [-0.15, -0.1) is 11.3 Å². The lowest BCUT2D eigenvalue weighted by Gasteiger charge is -2.05. The van der Waals surface area contributed by atoms with Gasteiger partial charge in [-0.3, -0.25) is 9.59 Å². The Balaban J connectivity index is 1.47. The third kappa shape index (κ3) is 5.79. The van der Waals surface area contributed by atoms with Crippen LogP contribution in [0, 0.1) is 0 Å². The van der Waals surface area contributed by atoms with Crippen molar-refractivity contribution >= 4 is 51.5 Å². The minimum absolute atomic E-state index is 0.160. The maximum absolute atomic E-state index is 12.1. The lowest BCUT2D eigenvalue weighted by molar-refractivity contribution is -0.116. The summed E-state index contributed by atoms with van der Waals surface area (Å²) in [6, 6.07) is 14.2. The predicted molar refractivity (Wildman–Crippen MR) is 113 cm³/mol. The fraction of sp³-hybridized carbons (Fsp3) is 0.150. The monoisotopic (exact) mass is 433 g/mol. The molecule has 8 heteroatoms. The summed E-state index contributed by atoms with van der Waals surface area (Å²) in [5, 5.41) is 7.23. The molecule has 0 aliphatic heterocycles. The van der Waals surface area contributed by atoms with Crippen LogP contribution in [0.25, 0.3) is 0 Å². The van der Waals surface area contributed by atoms with Crippen molar-refractivity contribution in [2.24, 2.45) is 0 Å². The first-order chi connectivity index (χ1) is 13.5. The summed E-state index contributed by atoms with van der Waals surface area (Å²) >= 11 is 13.6. The molecule has 0 spiro atoms. The third-order valence-electron chi connectivity index (χ3n) is 3.85. The fourth-order valence-corrected chi connectivity index (χ4v) is 3.71. The molecule has 0 bridgehead atoms. The molecule has 0 aliphatic rings. The van der Waals surface area contributed by atoms with Crippen molar-refractivity contribution < 1.29 is 9.59 Å². The lowest BCUT2D eigenvalue weighted by atomic mass is 10.1. The third-order valence-corrected chi connectivity index (χ3v) is 5.36. The second-order valence-corrected chi connectivity index (χ2v) is 7.92. The average Bonchev–Trinajstić information content (AvgIpc) is 3.12. The molecule has 0 saturated carbocycles. The molecular formula is C20H17Cl2N3O2S. The van der Waals surface area contributed by atoms with Gasteiger partial charge in [0.1, 0.15) is 0 Å². The molecule has 0 radical (unpaired) electrons. The Morgan fingerprint density at radius 1 is 1.07 bits per heavy atom. The molecular weight excluding hydrogens is 417 g/mol. The van der Waals surface area contributed by atoms with Crippen LogP contribution in [0.1, 0.15) is 27.2 Å². The molecule has 0 fully saturated rings. The fourth-order valence-electron chi connectivity index (χ4n) is 2.48. The van der Waals surface area contributed by atoms with E-state index in [2.05, 4.69) is 15.6 Å². The first kappa shape index (κ1) is 20.3. The van der Waals surface area contributed by atoms with E-state index in [4.69, 9.17) is 23.2 Å². The van der Waals surface area contributed by atoms with Crippen LogP contribution >= 0.6 is 34.5 Å². The number of amides is 2. The van der Waals surface area contributed by atoms with Crippen LogP contribution in [0.5, 0.6) is 0 Å². The number of halogens is 2. The molecule has 0 saturated heterocycles. The van der Waals surface area contributed by atoms with E-state index < -0.39 is 0 Å². The van der Waals surface area contributed by atoms with Crippen LogP contribution < -0.4 is 10.6 Å². The van der Waals surface area contributed by atoms with Crippen molar-refractivity contribution in [1.29, 1.82) is 0 Å². The second-order valence-electron chi connectivity index (χ2n) is 5.96. The van der Waals surface area contributed by atoms with Gasteiger partial charge < -0.3 is 10.6 Å². The smallest absolute Gasteiger partial charge is 0.251 e. The zero-order valence-electron chi connectivity index (χ0n) is 14.7. The van der Waals surface area contributed by atoms with Gasteiger partial charge in [-0.1, -0.05) is 41.4 Å². The van der Waals surface area contributed by atoms with E-state index in [0.29, 0.717) is 27.2 Å². The predicted octanol–water partition coefficient (Wildman–Crippen LogP) is 4.80. The quantitative estimate of drug-likeness (QED) is 0.561. The Morgan fingerprint density at radius 2 is 1.86 bits per heavy atom. The maximum Gasteiger partial charge on any atom is 0.251 e. The van der Waals surface area contributed by atoms with Crippen LogP contribution in [0.3, 0.4) is 0 Å². The molecule has 1 aromatic heterocycles. The highest BCUT2D eigenvalue weighted by Crippen LogP contribution is 2.27. The molecule has 0 aliphatic carbocycles. The highest BCUT2D eigenvalue weighted by Gasteiger charge is 2.10. The summed E-state index contributed by atoms with van der Waals surface area (Å²) < 4.78 is 0. The first-order valence-corrected chi connectivity index (χ1v) is 10.1. The van der Waals surface area contributed by atoms with Crippen LogP contribution in [-0.2, 0) is 11.2 Å². The van der Waals surface area contributed by atoms with Gasteiger partial charge in [0.25, 0.3) is 5.91 Å². The van der Waals surface area contributed by atoms with Crippen molar-refractivity contribution in [3.05, 3.63) is 80.8 Å². The summed E-state index contributed by atoms with van der Waals surface area (Å²) in [5.41, 5.74) is 1.46. The van der Waals surface area contributed by atoms with Crippen molar-refractivity contribution in [2.75, 3.05) is 11.9 Å². The number of rotatable bonds is 7. The van der Waals surface area contributed by atoms with Crippen molar-refractivity contribution in [2.45, 2.75) is 12.8 Å². The van der Waals surface area contributed by atoms with Gasteiger partial charge in [0, 0.05) is 46.1 Å². The Hall–Kier alpha value is -2.41. The molecule has 3 aromatic rings. The molecule has 2 aromatic carbocycles. The molecule has 28 heavy (non-hydrogen) atoms. The van der Waals surface area contributed by atoms with Gasteiger partial charge in [-0.25, -0.2) is 4.98 Å². The van der Waals surface area contributed by atoms with Gasteiger partial charge in [0.15, 0.2) is 5.13 Å². The number of nitrogens with one attached hydrogen (secondary N) is 2. The summed E-state index contributed by atoms with van der Waals surface area (Å²) in [4.78, 5) is 29.2. The summed E-state index contributed by atoms with van der Waals surface area (Å²) in [5.74, 6) is -0.418. The van der Waals surface area contributed by atoms with Crippen molar-refractivity contribution in [3.63, 3.8) is 0 Å². The molecule has 2 amide bonds. The first-order valence-electron chi connectivity index (χ1n) is 8.53. The standard InChI is InChI=1S/C20H17Cl2N3O2S/c21-15-6-7-17(22)14(10-15)11-16-12-24-20(28-16)25-18(26)8-9-23-19(27)13-4-2-1-3-5-13/h1-7,10,12H,8-9,11H2,(H,23,27)(H,24,25,26). The SMILES string of the molecule is O=C(CCNC(=O)c1ccccc1)Nc1ncc(Cc2cc(Cl)ccc2Cl)s1. The Morgan fingerprint density at radius 3 is 2.64 bits per heavy atom. The van der Waals surface area contributed by atoms with Gasteiger partial charge >= 0.3 is 0 Å². The number of nitrogens with zero attached hydrogens (tertiary/aromatic N) is 1. The van der Waals surface area contributed by atoms with Crippen LogP contribution in [0.2, 0.25) is 10.0 Å². The number of benzene rings is 2. The second kappa shape index (κ2) is 9.68. The number of carbonyl (C=O) groups excluding carboxylic acids is 2. The lowest BCUT2D eigenvalue weighted by Crippen LogP contribution is -2.27. The minimum Gasteiger partial charge on any atom is -0.352 e. The molecule has 1 heterocycles. The number of hydrogen-bond donors (Lipinski definition) is 2. The Kier molecular flexibility index (Phi) is 7.03. The van der Waals surface area contributed by atoms with E-state index in [-0.39, 0.29) is 24.8 Å². The van der Waals surface area contributed by atoms with Crippen LogP contribution in [0.4, 0.5) is 5.13 Å². The zero-order chi connectivity index (χ0) is 19.9. The summed E-state index contributed by atoms with van der Waals surface area (Å²) in [7, 11) is 0. The Bertz CT molecular complexity index is 977. The van der Waals surface area contributed by atoms with E-state index in [9.17, 15) is 9.59 Å². The number of thiazole rings is 1. The largest absolute Gasteiger partial charge is 0.352 e. The van der Waals surface area contributed by atoms with Gasteiger partial charge in [0.2, 0.25) is 5.91 Å². The number of anilines is 1. The van der Waals surface area contributed by atoms with Crippen LogP contribution in [-0.4, -0.2) is 23.3 Å². The molecule has 5 nitrogen and oxygen atoms in total. The highest BCUT2D eigenvalue weighted by molar-refractivity contribution is 7.15. The van der Waals surface area contributed by atoms with Crippen LogP contribution in [0.15, 0.2) is 54.7 Å². The van der Waals surface area contributed by atoms with Gasteiger partial charge in [0.05, 0.1) is 0 Å². The highest BCUT2D eigenvalue weighted by atomic mass is 35.5.